The van der Waals surface area contributed by atoms with Crippen molar-refractivity contribution < 1.29 is 14.0 Å². The van der Waals surface area contributed by atoms with Crippen molar-refractivity contribution in [2.45, 2.75) is 31.9 Å². The van der Waals surface area contributed by atoms with Gasteiger partial charge in [-0.1, -0.05) is 41.7 Å². The van der Waals surface area contributed by atoms with Gasteiger partial charge in [-0.3, -0.25) is 14.5 Å². The number of hydrogen-bond acceptors (Lipinski definition) is 5. The number of hydrogen-bond donors (Lipinski definition) is 0. The molecule has 1 aromatic heterocycles. The van der Waals surface area contributed by atoms with E-state index in [4.69, 9.17) is 0 Å². The summed E-state index contributed by atoms with van der Waals surface area (Å²) in [7, 11) is 0. The molecule has 0 spiro atoms. The summed E-state index contributed by atoms with van der Waals surface area (Å²) in [6.45, 7) is 1.20. The summed E-state index contributed by atoms with van der Waals surface area (Å²) in [6.07, 6.45) is 0.800. The predicted octanol–water partition coefficient (Wildman–Crippen LogP) is 2.44. The molecule has 4 rings (SSSR count). The van der Waals surface area contributed by atoms with Gasteiger partial charge in [-0.25, -0.2) is 4.39 Å². The molecule has 0 saturated carbocycles. The molecule has 1 aromatic carbocycles. The van der Waals surface area contributed by atoms with Crippen LogP contribution in [0.2, 0.25) is 0 Å². The highest BCUT2D eigenvalue weighted by Crippen LogP contribution is 2.30. The van der Waals surface area contributed by atoms with Crippen LogP contribution < -0.4 is 4.90 Å². The average molecular weight is 388 g/mol. The number of aromatic nitrogens is 2. The highest BCUT2D eigenvalue weighted by Gasteiger charge is 2.39. The molecule has 27 heavy (non-hydrogen) atoms. The third-order valence-corrected chi connectivity index (χ3v) is 6.04. The fourth-order valence-corrected chi connectivity index (χ4v) is 4.48. The molecule has 2 aromatic rings. The van der Waals surface area contributed by atoms with E-state index in [2.05, 4.69) is 10.2 Å². The fraction of sp³-hybridized carbons (Fsp3) is 0.474. The lowest BCUT2D eigenvalue weighted by Gasteiger charge is -2.30. The molecule has 2 aliphatic heterocycles. The summed E-state index contributed by atoms with van der Waals surface area (Å²) in [4.78, 5) is 28.4. The van der Waals surface area contributed by atoms with Crippen LogP contribution in [0.4, 0.5) is 9.52 Å². The smallest absolute Gasteiger partial charge is 0.229 e. The van der Waals surface area contributed by atoms with Gasteiger partial charge in [0.1, 0.15) is 11.2 Å². The zero-order valence-corrected chi connectivity index (χ0v) is 15.7. The van der Waals surface area contributed by atoms with Crippen molar-refractivity contribution in [3.05, 3.63) is 40.9 Å². The quantitative estimate of drug-likeness (QED) is 0.807. The highest BCUT2D eigenvalue weighted by atomic mass is 32.1. The van der Waals surface area contributed by atoms with Gasteiger partial charge in [-0.05, 0) is 18.4 Å². The lowest BCUT2D eigenvalue weighted by atomic mass is 10.0. The Hall–Kier alpha value is -2.35. The Morgan fingerprint density at radius 1 is 1.19 bits per heavy atom. The molecule has 8 heteroatoms. The topological polar surface area (TPSA) is 66.4 Å². The van der Waals surface area contributed by atoms with Crippen molar-refractivity contribution in [2.24, 2.45) is 5.92 Å². The van der Waals surface area contributed by atoms with E-state index in [0.29, 0.717) is 44.0 Å². The minimum absolute atomic E-state index is 0.0493. The number of halogens is 1. The van der Waals surface area contributed by atoms with Gasteiger partial charge in [0.05, 0.1) is 5.92 Å². The summed E-state index contributed by atoms with van der Waals surface area (Å²) in [6, 6.07) is 9.96. The van der Waals surface area contributed by atoms with Crippen molar-refractivity contribution >= 4 is 28.3 Å². The van der Waals surface area contributed by atoms with Crippen LogP contribution in [0.3, 0.4) is 0 Å². The number of benzene rings is 1. The molecule has 3 heterocycles. The summed E-state index contributed by atoms with van der Waals surface area (Å²) in [5, 5.41) is 9.74. The molecule has 1 atom stereocenters. The number of nitrogens with zero attached hydrogens (tertiary/aromatic N) is 4. The predicted molar refractivity (Wildman–Crippen MR) is 100 cm³/mol. The summed E-state index contributed by atoms with van der Waals surface area (Å²) < 4.78 is 13.3. The van der Waals surface area contributed by atoms with Crippen LogP contribution in [0.25, 0.3) is 0 Å². The van der Waals surface area contributed by atoms with E-state index in [9.17, 15) is 14.0 Å². The van der Waals surface area contributed by atoms with E-state index in [0.717, 1.165) is 10.6 Å². The first-order chi connectivity index (χ1) is 13.1. The van der Waals surface area contributed by atoms with E-state index < -0.39 is 6.17 Å². The van der Waals surface area contributed by atoms with Gasteiger partial charge in [0.25, 0.3) is 0 Å². The van der Waals surface area contributed by atoms with Gasteiger partial charge < -0.3 is 4.90 Å². The minimum atomic E-state index is -0.819. The summed E-state index contributed by atoms with van der Waals surface area (Å²) in [5.41, 5.74) is 1.14. The Morgan fingerprint density at radius 3 is 2.67 bits per heavy atom. The van der Waals surface area contributed by atoms with E-state index >= 15 is 0 Å². The Labute approximate surface area is 161 Å². The molecule has 0 radical (unpaired) electrons. The lowest BCUT2D eigenvalue weighted by molar-refractivity contribution is -0.137. The SMILES string of the molecule is O=C(C1CC(=O)N(c2nnc(Cc3ccccc3)s2)C1)N1CCC(F)CC1. The number of anilines is 1. The molecule has 2 saturated heterocycles. The first kappa shape index (κ1) is 18.0. The molecular formula is C19H21FN4O2S. The van der Waals surface area contributed by atoms with E-state index in [-0.39, 0.29) is 24.2 Å². The van der Waals surface area contributed by atoms with Crippen molar-refractivity contribution in [1.82, 2.24) is 15.1 Å². The number of rotatable bonds is 4. The van der Waals surface area contributed by atoms with Gasteiger partial charge in [0.2, 0.25) is 16.9 Å². The second-order valence-electron chi connectivity index (χ2n) is 7.05. The van der Waals surface area contributed by atoms with Gasteiger partial charge in [0.15, 0.2) is 0 Å². The second kappa shape index (κ2) is 7.72. The molecular weight excluding hydrogens is 367 g/mol. The molecule has 142 valence electrons. The van der Waals surface area contributed by atoms with Crippen molar-refractivity contribution in [3.63, 3.8) is 0 Å². The second-order valence-corrected chi connectivity index (χ2v) is 8.09. The lowest BCUT2D eigenvalue weighted by Crippen LogP contribution is -2.43. The number of piperidine rings is 1. The number of carbonyl (C=O) groups is 2. The fourth-order valence-electron chi connectivity index (χ4n) is 3.58. The zero-order valence-electron chi connectivity index (χ0n) is 14.9. The van der Waals surface area contributed by atoms with Gasteiger partial charge in [-0.15, -0.1) is 10.2 Å². The average Bonchev–Trinajstić information content (AvgIpc) is 3.29. The maximum Gasteiger partial charge on any atom is 0.229 e. The number of likely N-dealkylation sites (tertiary alicyclic amines) is 1. The van der Waals surface area contributed by atoms with Gasteiger partial charge in [-0.2, -0.15) is 0 Å². The maximum atomic E-state index is 13.3. The first-order valence-corrected chi connectivity index (χ1v) is 10.0. The Morgan fingerprint density at radius 2 is 1.93 bits per heavy atom. The van der Waals surface area contributed by atoms with Crippen molar-refractivity contribution in [3.8, 4) is 0 Å². The molecule has 1 unspecified atom stereocenters. The summed E-state index contributed by atoms with van der Waals surface area (Å²) >= 11 is 1.39. The molecule has 6 nitrogen and oxygen atoms in total. The van der Waals surface area contributed by atoms with Crippen LogP contribution in [0, 0.1) is 5.92 Å². The van der Waals surface area contributed by atoms with Crippen LogP contribution in [0.1, 0.15) is 29.8 Å². The minimum Gasteiger partial charge on any atom is -0.342 e. The van der Waals surface area contributed by atoms with Crippen LogP contribution in [-0.4, -0.2) is 52.7 Å². The maximum absolute atomic E-state index is 13.3. The zero-order chi connectivity index (χ0) is 18.8. The number of alkyl halides is 1. The van der Waals surface area contributed by atoms with E-state index in [1.165, 1.54) is 11.3 Å². The van der Waals surface area contributed by atoms with Crippen LogP contribution in [-0.2, 0) is 16.0 Å². The summed E-state index contributed by atoms with van der Waals surface area (Å²) in [5.74, 6) is -0.530. The molecule has 2 fully saturated rings. The van der Waals surface area contributed by atoms with Crippen LogP contribution in [0.5, 0.6) is 0 Å². The standard InChI is InChI=1S/C19H21FN4O2S/c20-15-6-8-23(9-7-15)18(26)14-11-17(25)24(12-14)19-22-21-16(27-19)10-13-4-2-1-3-5-13/h1-5,14-15H,6-12H2. The Kier molecular flexibility index (Phi) is 5.15. The molecule has 0 N–H and O–H groups in total. The van der Waals surface area contributed by atoms with Crippen LogP contribution >= 0.6 is 11.3 Å². The Bertz CT molecular complexity index is 820. The van der Waals surface area contributed by atoms with Gasteiger partial charge in [0, 0.05) is 32.5 Å². The number of carbonyl (C=O) groups excluding carboxylic acids is 2. The van der Waals surface area contributed by atoms with Gasteiger partial charge >= 0.3 is 0 Å². The molecule has 2 amide bonds. The first-order valence-electron chi connectivity index (χ1n) is 9.19. The van der Waals surface area contributed by atoms with Crippen molar-refractivity contribution in [1.29, 1.82) is 0 Å². The molecule has 0 bridgehead atoms. The van der Waals surface area contributed by atoms with Crippen LogP contribution in [0.15, 0.2) is 30.3 Å². The van der Waals surface area contributed by atoms with Crippen molar-refractivity contribution in [2.75, 3.05) is 24.5 Å². The third kappa shape index (κ3) is 4.00. The Balaban J connectivity index is 1.40. The number of amides is 2. The van der Waals surface area contributed by atoms with E-state index in [1.54, 1.807) is 9.80 Å². The molecule has 2 aliphatic rings. The third-order valence-electron chi connectivity index (χ3n) is 5.10. The largest absolute Gasteiger partial charge is 0.342 e. The highest BCUT2D eigenvalue weighted by molar-refractivity contribution is 7.15. The molecule has 0 aliphatic carbocycles. The van der Waals surface area contributed by atoms with E-state index in [1.807, 2.05) is 30.3 Å². The normalized spacial score (nSPS) is 21.1. The monoisotopic (exact) mass is 388 g/mol.